The van der Waals surface area contributed by atoms with Crippen LogP contribution < -0.4 is 0 Å². The van der Waals surface area contributed by atoms with E-state index in [0.717, 1.165) is 24.2 Å². The van der Waals surface area contributed by atoms with E-state index >= 15 is 0 Å². The number of carbonyl (C=O) groups is 1. The molecule has 2 aromatic carbocycles. The van der Waals surface area contributed by atoms with E-state index < -0.39 is 0 Å². The van der Waals surface area contributed by atoms with E-state index in [1.165, 1.54) is 5.56 Å². The van der Waals surface area contributed by atoms with Crippen LogP contribution in [0, 0.1) is 0 Å². The summed E-state index contributed by atoms with van der Waals surface area (Å²) in [5, 5.41) is 6.48. The Labute approximate surface area is 132 Å². The minimum atomic E-state index is 0.120. The van der Waals surface area contributed by atoms with Crippen molar-refractivity contribution in [3.8, 4) is 0 Å². The van der Waals surface area contributed by atoms with Crippen molar-refractivity contribution >= 4 is 11.5 Å². The van der Waals surface area contributed by atoms with Crippen LogP contribution in [0.4, 0.5) is 0 Å². The molecule has 0 aliphatic heterocycles. The summed E-state index contributed by atoms with van der Waals surface area (Å²) in [4.78, 5) is 12.3. The van der Waals surface area contributed by atoms with Crippen molar-refractivity contribution in [2.75, 3.05) is 7.05 Å². The number of ketones is 1. The third-order valence-electron chi connectivity index (χ3n) is 3.43. The molecule has 0 N–H and O–H groups in total. The number of hydrazone groups is 1. The molecule has 0 aromatic heterocycles. The van der Waals surface area contributed by atoms with Crippen LogP contribution >= 0.6 is 0 Å². The van der Waals surface area contributed by atoms with Crippen LogP contribution in [0.1, 0.15) is 35.7 Å². The molecule has 0 fully saturated rings. The highest BCUT2D eigenvalue weighted by atomic mass is 16.1. The van der Waals surface area contributed by atoms with Gasteiger partial charge in [-0.2, -0.15) is 5.10 Å². The molecule has 3 heteroatoms. The van der Waals surface area contributed by atoms with E-state index in [4.69, 9.17) is 0 Å². The molecule has 2 rings (SSSR count). The van der Waals surface area contributed by atoms with Crippen LogP contribution in [0.3, 0.4) is 0 Å². The van der Waals surface area contributed by atoms with Crippen molar-refractivity contribution in [2.24, 2.45) is 5.10 Å². The summed E-state index contributed by atoms with van der Waals surface area (Å²) < 4.78 is 0. The molecule has 0 saturated heterocycles. The molecule has 2 aromatic rings. The summed E-state index contributed by atoms with van der Waals surface area (Å²) in [6.45, 7) is 2.78. The van der Waals surface area contributed by atoms with Gasteiger partial charge in [0.05, 0.1) is 13.0 Å². The Morgan fingerprint density at radius 1 is 1.00 bits per heavy atom. The van der Waals surface area contributed by atoms with Gasteiger partial charge in [-0.05, 0) is 12.0 Å². The maximum atomic E-state index is 12.3. The van der Waals surface area contributed by atoms with Crippen molar-refractivity contribution in [1.82, 2.24) is 5.01 Å². The predicted molar refractivity (Wildman–Crippen MR) is 91.0 cm³/mol. The molecule has 0 unspecified atom stereocenters. The summed E-state index contributed by atoms with van der Waals surface area (Å²) in [7, 11) is 1.94. The molecule has 0 spiro atoms. The maximum absolute atomic E-state index is 12.3. The topological polar surface area (TPSA) is 32.7 Å². The minimum absolute atomic E-state index is 0.120. The molecule has 0 aliphatic carbocycles. The average molecular weight is 294 g/mol. The normalized spacial score (nSPS) is 11.3. The number of hydrogen-bond donors (Lipinski definition) is 0. The highest BCUT2D eigenvalue weighted by Gasteiger charge is 2.09. The number of benzene rings is 2. The van der Waals surface area contributed by atoms with Gasteiger partial charge in [0.2, 0.25) is 0 Å². The molecule has 0 bridgehead atoms. The summed E-state index contributed by atoms with van der Waals surface area (Å²) >= 11 is 0. The lowest BCUT2D eigenvalue weighted by Crippen LogP contribution is -2.16. The predicted octanol–water partition coefficient (Wildman–Crippen LogP) is 4.16. The van der Waals surface area contributed by atoms with Crippen molar-refractivity contribution in [3.05, 3.63) is 71.8 Å². The molecule has 0 aliphatic rings. The number of hydrogen-bond acceptors (Lipinski definition) is 3. The van der Waals surface area contributed by atoms with Gasteiger partial charge in [-0.3, -0.25) is 9.80 Å². The lowest BCUT2D eigenvalue weighted by molar-refractivity contribution is 0.0999. The molecule has 114 valence electrons. The molecule has 22 heavy (non-hydrogen) atoms. The number of nitrogens with zero attached hydrogens (tertiary/aromatic N) is 2. The van der Waals surface area contributed by atoms with Crippen molar-refractivity contribution in [2.45, 2.75) is 26.3 Å². The summed E-state index contributed by atoms with van der Waals surface area (Å²) in [5.74, 6) is 0.120. The van der Waals surface area contributed by atoms with Crippen LogP contribution in [0.2, 0.25) is 0 Å². The zero-order chi connectivity index (χ0) is 15.8. The lowest BCUT2D eigenvalue weighted by atomic mass is 10.0. The number of carbonyl (C=O) groups excluding carboxylic acids is 1. The molecule has 0 radical (unpaired) electrons. The van der Waals surface area contributed by atoms with Gasteiger partial charge in [-0.1, -0.05) is 67.6 Å². The lowest BCUT2D eigenvalue weighted by Gasteiger charge is -2.15. The van der Waals surface area contributed by atoms with Crippen LogP contribution in [0.15, 0.2) is 65.8 Å². The van der Waals surface area contributed by atoms with Crippen LogP contribution in [-0.2, 0) is 6.54 Å². The van der Waals surface area contributed by atoms with Gasteiger partial charge < -0.3 is 0 Å². The SMILES string of the molecule is CC/C(CC(=O)c1ccccc1)=N\N(C)Cc1ccccc1. The van der Waals surface area contributed by atoms with Crippen molar-refractivity contribution in [1.29, 1.82) is 0 Å². The molecule has 0 amide bonds. The first kappa shape index (κ1) is 16.0. The second kappa shape index (κ2) is 8.13. The highest BCUT2D eigenvalue weighted by Crippen LogP contribution is 2.08. The third-order valence-corrected chi connectivity index (χ3v) is 3.43. The van der Waals surface area contributed by atoms with Crippen molar-refractivity contribution < 1.29 is 4.79 Å². The van der Waals surface area contributed by atoms with Crippen LogP contribution in [0.5, 0.6) is 0 Å². The first-order valence-corrected chi connectivity index (χ1v) is 7.58. The van der Waals surface area contributed by atoms with E-state index in [2.05, 4.69) is 17.2 Å². The molecule has 3 nitrogen and oxygen atoms in total. The number of rotatable bonds is 7. The second-order valence-corrected chi connectivity index (χ2v) is 5.29. The summed E-state index contributed by atoms with van der Waals surface area (Å²) in [5.41, 5.74) is 2.86. The number of Topliss-reactive ketones (excluding diaryl/α,β-unsaturated/α-hetero) is 1. The van der Waals surface area contributed by atoms with Gasteiger partial charge in [-0.25, -0.2) is 0 Å². The first-order chi connectivity index (χ1) is 10.7. The van der Waals surface area contributed by atoms with Gasteiger partial charge in [0.1, 0.15) is 0 Å². The fourth-order valence-electron chi connectivity index (χ4n) is 2.27. The minimum Gasteiger partial charge on any atom is -0.296 e. The summed E-state index contributed by atoms with van der Waals surface area (Å²) in [6.07, 6.45) is 1.15. The Kier molecular flexibility index (Phi) is 5.90. The average Bonchev–Trinajstić information content (AvgIpc) is 2.55. The summed E-state index contributed by atoms with van der Waals surface area (Å²) in [6, 6.07) is 19.6. The molecular weight excluding hydrogens is 272 g/mol. The second-order valence-electron chi connectivity index (χ2n) is 5.29. The monoisotopic (exact) mass is 294 g/mol. The third kappa shape index (κ3) is 4.85. The standard InChI is InChI=1S/C19H22N2O/c1-3-18(14-19(22)17-12-8-5-9-13-17)20-21(2)15-16-10-6-4-7-11-16/h4-13H,3,14-15H2,1-2H3/b20-18+. The van der Waals surface area contributed by atoms with Crippen molar-refractivity contribution in [3.63, 3.8) is 0 Å². The van der Waals surface area contributed by atoms with Crippen LogP contribution in [0.25, 0.3) is 0 Å². The van der Waals surface area contributed by atoms with E-state index in [9.17, 15) is 4.79 Å². The van der Waals surface area contributed by atoms with Gasteiger partial charge >= 0.3 is 0 Å². The highest BCUT2D eigenvalue weighted by molar-refractivity contribution is 6.09. The van der Waals surface area contributed by atoms with Gasteiger partial charge in [0.15, 0.2) is 5.78 Å². The zero-order valence-corrected chi connectivity index (χ0v) is 13.2. The van der Waals surface area contributed by atoms with E-state index in [1.54, 1.807) is 0 Å². The Morgan fingerprint density at radius 3 is 2.18 bits per heavy atom. The smallest absolute Gasteiger partial charge is 0.168 e. The molecular formula is C19H22N2O. The largest absolute Gasteiger partial charge is 0.296 e. The Bertz CT molecular complexity index is 620. The van der Waals surface area contributed by atoms with E-state index in [0.29, 0.717) is 6.42 Å². The van der Waals surface area contributed by atoms with E-state index in [1.807, 2.05) is 67.5 Å². The Morgan fingerprint density at radius 2 is 1.59 bits per heavy atom. The van der Waals surface area contributed by atoms with E-state index in [-0.39, 0.29) is 5.78 Å². The van der Waals surface area contributed by atoms with Gasteiger partial charge in [0.25, 0.3) is 0 Å². The zero-order valence-electron chi connectivity index (χ0n) is 13.2. The Hall–Kier alpha value is -2.42. The van der Waals surface area contributed by atoms with Gasteiger partial charge in [-0.15, -0.1) is 0 Å². The molecule has 0 atom stereocenters. The molecule has 0 saturated carbocycles. The Balaban J connectivity index is 1.99. The molecule has 0 heterocycles. The van der Waals surface area contributed by atoms with Gasteiger partial charge in [0, 0.05) is 18.3 Å². The fourth-order valence-corrected chi connectivity index (χ4v) is 2.27. The first-order valence-electron chi connectivity index (χ1n) is 7.58. The maximum Gasteiger partial charge on any atom is 0.168 e. The quantitative estimate of drug-likeness (QED) is 0.436. The fraction of sp³-hybridized carbons (Fsp3) is 0.263. The van der Waals surface area contributed by atoms with Crippen LogP contribution in [-0.4, -0.2) is 23.6 Å².